The quantitative estimate of drug-likeness (QED) is 0.0116. The van der Waals surface area contributed by atoms with Gasteiger partial charge >= 0.3 is 25.9 Å². The Morgan fingerprint density at radius 3 is 1.01 bits per heavy atom. The number of carbonyl (C=O) groups excluding carboxylic acids is 3. The van der Waals surface area contributed by atoms with Crippen LogP contribution in [0.1, 0.15) is 168 Å². The van der Waals surface area contributed by atoms with Gasteiger partial charge in [-0.25, -0.2) is 14.2 Å². The highest BCUT2D eigenvalue weighted by Gasteiger charge is 2.26. The monoisotopic (exact) mass is 1450 g/mol. The molecule has 4 N–H and O–H groups in total. The van der Waals surface area contributed by atoms with Crippen molar-refractivity contribution >= 4 is 25.9 Å². The molecule has 0 heterocycles. The van der Waals surface area contributed by atoms with E-state index in [-0.39, 0.29) is 19.4 Å². The minimum Gasteiger partial charge on any atom is -0.462 e. The van der Waals surface area contributed by atoms with Crippen LogP contribution in [0.3, 0.4) is 0 Å². The number of alkyl carbamates (subject to hydrolysis) is 1. The largest absolute Gasteiger partial charge is 0.472 e. The van der Waals surface area contributed by atoms with Crippen LogP contribution in [0.5, 0.6) is 0 Å². The first-order valence-corrected chi connectivity index (χ1v) is 28.8. The number of unbranched alkanes of at least 4 members (excludes halogenated alkanes) is 20. The van der Waals surface area contributed by atoms with Crippen LogP contribution in [-0.2, 0) is 259 Å². The van der Waals surface area contributed by atoms with Crippen molar-refractivity contribution in [2.24, 2.45) is 5.73 Å². The van der Waals surface area contributed by atoms with Crippen LogP contribution >= 0.6 is 7.82 Å². The molecule has 0 spiro atoms. The molecule has 0 aliphatic rings. The average molecular weight is 1450 g/mol. The maximum atomic E-state index is 12.7. The summed E-state index contributed by atoms with van der Waals surface area (Å²) in [6.45, 7) is 1.63. The van der Waals surface area contributed by atoms with Crippen molar-refractivity contribution in [2.45, 2.75) is 174 Å². The number of amides is 1. The Labute approximate surface area is 531 Å². The third-order valence-corrected chi connectivity index (χ3v) is 10.5. The van der Waals surface area contributed by atoms with E-state index in [0.29, 0.717) is 12.8 Å². The van der Waals surface area contributed by atoms with Crippen molar-refractivity contribution in [3.8, 4) is 0 Å². The lowest BCUT2D eigenvalue weighted by atomic mass is 10.1. The predicted molar refractivity (Wildman–Crippen MR) is 250 cm³/mol. The molecular weight excluding hydrogens is 1380 g/mol. The molecule has 57 heteroatoms. The van der Waals surface area contributed by atoms with Crippen molar-refractivity contribution in [1.82, 2.24) is 5.32 Å². The predicted octanol–water partition coefficient (Wildman–Crippen LogP) is 6.21. The van der Waals surface area contributed by atoms with Crippen LogP contribution in [0, 0.1) is 0 Å². The smallest absolute Gasteiger partial charge is 0.462 e. The topological polar surface area (TPSA) is 579 Å². The number of rotatable bonds is 81. The van der Waals surface area contributed by atoms with Gasteiger partial charge in [0.1, 0.15) is 26.1 Å². The Morgan fingerprint density at radius 1 is 0.368 bits per heavy atom. The van der Waals surface area contributed by atoms with Gasteiger partial charge in [0.05, 0.1) is 13.2 Å². The second-order valence-electron chi connectivity index (χ2n) is 16.1. The van der Waals surface area contributed by atoms with Crippen molar-refractivity contribution in [1.29, 1.82) is 0 Å². The minimum atomic E-state index is -4.75. The summed E-state index contributed by atoms with van der Waals surface area (Å²) in [5.74, 6) is -1.07. The zero-order valence-corrected chi connectivity index (χ0v) is 50.9. The van der Waals surface area contributed by atoms with E-state index in [4.69, 9.17) is 29.0 Å². The summed E-state index contributed by atoms with van der Waals surface area (Å²) in [5.41, 5.74) is 4.87. The zero-order chi connectivity index (χ0) is 68.8. The van der Waals surface area contributed by atoms with E-state index in [0.717, 1.165) is 63.8 Å². The fourth-order valence-corrected chi connectivity index (χ4v) is 6.56. The molecule has 0 fully saturated rings. The summed E-state index contributed by atoms with van der Waals surface area (Å²) in [4.78, 5) is 55.9. The van der Waals surface area contributed by atoms with Gasteiger partial charge in [0.25, 0.3) is 0 Å². The molecule has 0 aromatic carbocycles. The highest BCUT2D eigenvalue weighted by atomic mass is 31.2. The Hall–Kier alpha value is -4.06. The summed E-state index contributed by atoms with van der Waals surface area (Å²) in [6, 6.07) is 0. The molecule has 0 aliphatic heterocycles. The Morgan fingerprint density at radius 2 is 0.674 bits per heavy atom. The Kier molecular flexibility index (Phi) is 74.0. The lowest BCUT2D eigenvalue weighted by Gasteiger charge is -2.20. The molecule has 0 bridgehead atoms. The van der Waals surface area contributed by atoms with Crippen LogP contribution in [-0.4, -0.2) is 68.6 Å². The molecule has 564 valence electrons. The van der Waals surface area contributed by atoms with Crippen LogP contribution in [0.4, 0.5) is 4.79 Å². The summed E-state index contributed by atoms with van der Waals surface area (Å²) in [5, 5.41) is 153. The van der Waals surface area contributed by atoms with Gasteiger partial charge in [-0.2, -0.15) is 0 Å². The number of hydrogen-bond acceptors (Lipinski definition) is 54. The molecule has 0 aromatic rings. The number of nitrogens with one attached hydrogen (secondary N) is 1. The molecule has 0 saturated heterocycles. The first-order chi connectivity index (χ1) is 46.7. The molecule has 56 nitrogen and oxygen atoms in total. The van der Waals surface area contributed by atoms with Gasteiger partial charge in [0.15, 0.2) is 6.10 Å². The average Bonchev–Trinajstić information content (AvgIpc) is 1.48. The van der Waals surface area contributed by atoms with Gasteiger partial charge in [-0.05, 0) is 53.1 Å². The van der Waals surface area contributed by atoms with Crippen LogP contribution in [0.15, 0.2) is 12.5 Å². The molecular formula is C38H73N2O54P. The first-order valence-electron chi connectivity index (χ1n) is 27.3. The van der Waals surface area contributed by atoms with Crippen molar-refractivity contribution in [2.75, 3.05) is 39.6 Å². The number of hydrogen-bond donors (Lipinski definition) is 3. The molecule has 0 saturated carbocycles. The lowest BCUT2D eigenvalue weighted by Crippen LogP contribution is -2.30. The summed E-state index contributed by atoms with van der Waals surface area (Å²) in [6.07, 6.45) is 24.2. The molecule has 1 amide bonds. The fourth-order valence-electron chi connectivity index (χ4n) is 5.81. The first kappa shape index (κ1) is 90.9. The molecule has 1 unspecified atom stereocenters. The zero-order valence-electron chi connectivity index (χ0n) is 50.1. The number of nitrogens with two attached hydrogens (primary N) is 1. The lowest BCUT2D eigenvalue weighted by molar-refractivity contribution is -0.909. The maximum Gasteiger partial charge on any atom is 0.472 e. The number of ether oxygens (including phenoxy) is 3. The van der Waals surface area contributed by atoms with Gasteiger partial charge in [-0.15, -0.1) is 0 Å². The normalized spacial score (nSPS) is 12.6. The molecule has 2 atom stereocenters. The van der Waals surface area contributed by atoms with Gasteiger partial charge < -0.3 is 35.0 Å². The minimum absolute atomic E-state index is 0.107. The third-order valence-electron chi connectivity index (χ3n) is 9.51. The fraction of sp³-hybridized carbons (Fsp3) is 0.868. The number of phosphoric acid groups is 1. The van der Waals surface area contributed by atoms with Gasteiger partial charge in [-0.1, -0.05) is 142 Å². The molecule has 95 heavy (non-hydrogen) atoms. The summed E-state index contributed by atoms with van der Waals surface area (Å²) in [7, 11) is -4.75. The van der Waals surface area contributed by atoms with E-state index >= 15 is 0 Å². The molecule has 0 aliphatic carbocycles. The Balaban J connectivity index is 3.77. The van der Waals surface area contributed by atoms with Gasteiger partial charge in [0, 0.05) is 197 Å². The third kappa shape index (κ3) is 77.2. The van der Waals surface area contributed by atoms with E-state index in [2.05, 4.69) is 241 Å². The summed E-state index contributed by atoms with van der Waals surface area (Å²) >= 11 is 0. The molecule has 0 rings (SSSR count). The SMILES string of the molecule is CCCCCCCCCCCCCC(=O)OC[C@H](COP(=O)(O)OCCNC(=O)OCCOOOOOOOOOOOOOOOOOOOOOOOOOOOOOOOOOOOOOOOOOOOO/C=C\N)OC(=O)CCCCCCCCCCCCC. The van der Waals surface area contributed by atoms with Crippen LogP contribution < -0.4 is 11.1 Å². The van der Waals surface area contributed by atoms with Crippen molar-refractivity contribution in [3.05, 3.63) is 12.5 Å². The second kappa shape index (κ2) is 77.3. The van der Waals surface area contributed by atoms with E-state index in [9.17, 15) is 23.8 Å². The van der Waals surface area contributed by atoms with E-state index in [1.54, 1.807) is 0 Å². The van der Waals surface area contributed by atoms with Gasteiger partial charge in [-0.3, -0.25) is 18.6 Å². The number of phosphoric ester groups is 1. The highest BCUT2D eigenvalue weighted by molar-refractivity contribution is 7.47. The number of esters is 2. The number of carbonyl (C=O) groups is 3. The molecule has 0 radical (unpaired) electrons. The maximum absolute atomic E-state index is 12.7. The van der Waals surface area contributed by atoms with Gasteiger partial charge in [0.2, 0.25) is 0 Å². The highest BCUT2D eigenvalue weighted by Crippen LogP contribution is 2.43. The van der Waals surface area contributed by atoms with E-state index in [1.165, 1.54) is 77.0 Å². The standard InChI is InChI=1S/C38H73N2O54P/c1-3-5-7-9-11-13-15-17-19-21-23-25-36(41)47-33-35(52-37(42)26-24-22-20-18-16-14-12-10-8-6-4-2)34-51-95(44,45)50-30-28-40-38(43)46-31-32-49-54-56-58-60-62-64-66-68-70-72-74-76-78-80-82-84-86-88-90-92-94-93-91-89-87-85-83-81-79-77-75-73-71-69-67-65-63-61-59-57-55-53-48-29-27-39/h27,29,35H,3-26,28,30-34,39H2,1-2H3,(H,40,43)(H,44,45)/b29-27-/t35-/m1/s1. The molecule has 0 aromatic heterocycles. The van der Waals surface area contributed by atoms with Crippen LogP contribution in [0.2, 0.25) is 0 Å². The summed E-state index contributed by atoms with van der Waals surface area (Å²) < 4.78 is 38.2. The van der Waals surface area contributed by atoms with Crippen molar-refractivity contribution in [3.63, 3.8) is 0 Å². The Bertz CT molecular complexity index is 1680. The van der Waals surface area contributed by atoms with E-state index in [1.807, 2.05) is 0 Å². The van der Waals surface area contributed by atoms with Crippen molar-refractivity contribution < 1.29 is 268 Å². The van der Waals surface area contributed by atoms with E-state index < -0.39 is 65.0 Å². The van der Waals surface area contributed by atoms with Crippen LogP contribution in [0.25, 0.3) is 0 Å². The second-order valence-corrected chi connectivity index (χ2v) is 17.6.